The predicted octanol–water partition coefficient (Wildman–Crippen LogP) is 3.44. The molecule has 1 aliphatic carbocycles. The van der Waals surface area contributed by atoms with E-state index in [-0.39, 0.29) is 22.7 Å². The Morgan fingerprint density at radius 3 is 2.37 bits per heavy atom. The fourth-order valence-corrected chi connectivity index (χ4v) is 6.57. The highest BCUT2D eigenvalue weighted by Gasteiger charge is 2.41. The fourth-order valence-electron chi connectivity index (χ4n) is 6.57. The molecule has 1 amide bonds. The molecule has 3 aliphatic heterocycles. The van der Waals surface area contributed by atoms with Gasteiger partial charge in [-0.15, -0.1) is 10.2 Å². The third kappa shape index (κ3) is 5.53. The average Bonchev–Trinajstić information content (AvgIpc) is 3.49. The maximum absolute atomic E-state index is 14.7. The lowest BCUT2D eigenvalue weighted by molar-refractivity contribution is 0.0302. The minimum absolute atomic E-state index is 0.0688. The SMILES string of the molecule is O=C(c1cc(F)c(F)c(-c2ccc(NC3C[C@@H]4CN(CC5CCOCC5)C[C@@H]4C3)nn2)c1)N1CCOCC1. The zero-order valence-electron chi connectivity index (χ0n) is 21.6. The van der Waals surface area contributed by atoms with Crippen LogP contribution in [-0.4, -0.2) is 91.1 Å². The first-order valence-corrected chi connectivity index (χ1v) is 13.8. The van der Waals surface area contributed by atoms with Crippen molar-refractivity contribution in [2.24, 2.45) is 17.8 Å². The van der Waals surface area contributed by atoms with E-state index >= 15 is 0 Å². The third-order valence-corrected chi connectivity index (χ3v) is 8.55. The molecular weight excluding hydrogens is 492 g/mol. The first-order chi connectivity index (χ1) is 18.5. The van der Waals surface area contributed by atoms with Gasteiger partial charge in [-0.2, -0.15) is 0 Å². The van der Waals surface area contributed by atoms with Gasteiger partial charge < -0.3 is 24.6 Å². The Kier molecular flexibility index (Phi) is 7.54. The van der Waals surface area contributed by atoms with Gasteiger partial charge in [0.1, 0.15) is 5.82 Å². The second-order valence-corrected chi connectivity index (χ2v) is 11.1. The number of carbonyl (C=O) groups is 1. The van der Waals surface area contributed by atoms with E-state index in [2.05, 4.69) is 20.4 Å². The molecule has 0 radical (unpaired) electrons. The normalized spacial score (nSPS) is 26.5. The number of fused-ring (bicyclic) bond motifs is 1. The first-order valence-electron chi connectivity index (χ1n) is 13.8. The van der Waals surface area contributed by atoms with Crippen LogP contribution in [0, 0.1) is 29.4 Å². The predicted molar refractivity (Wildman–Crippen MR) is 138 cm³/mol. The summed E-state index contributed by atoms with van der Waals surface area (Å²) >= 11 is 0. The van der Waals surface area contributed by atoms with Gasteiger partial charge in [-0.05, 0) is 67.7 Å². The van der Waals surface area contributed by atoms with Gasteiger partial charge in [-0.1, -0.05) is 0 Å². The number of amides is 1. The molecule has 2 aromatic rings. The van der Waals surface area contributed by atoms with Crippen LogP contribution >= 0.6 is 0 Å². The van der Waals surface area contributed by atoms with Crippen molar-refractivity contribution < 1.29 is 23.0 Å². The number of ether oxygens (including phenoxy) is 2. The van der Waals surface area contributed by atoms with Crippen LogP contribution in [0.3, 0.4) is 0 Å². The molecule has 0 spiro atoms. The highest BCUT2D eigenvalue weighted by atomic mass is 19.2. The number of halogens is 2. The molecule has 1 saturated carbocycles. The van der Waals surface area contributed by atoms with Crippen LogP contribution in [0.25, 0.3) is 11.3 Å². The lowest BCUT2D eigenvalue weighted by Gasteiger charge is -2.27. The summed E-state index contributed by atoms with van der Waals surface area (Å²) in [5.74, 6) is 0.324. The molecule has 0 bridgehead atoms. The van der Waals surface area contributed by atoms with E-state index in [0.29, 0.717) is 50.0 Å². The van der Waals surface area contributed by atoms with Crippen LogP contribution in [-0.2, 0) is 9.47 Å². The van der Waals surface area contributed by atoms with Crippen LogP contribution in [0.2, 0.25) is 0 Å². The maximum atomic E-state index is 14.7. The van der Waals surface area contributed by atoms with Crippen molar-refractivity contribution in [3.8, 4) is 11.3 Å². The van der Waals surface area contributed by atoms with Gasteiger partial charge in [0.2, 0.25) is 0 Å². The zero-order valence-corrected chi connectivity index (χ0v) is 21.6. The Morgan fingerprint density at radius 2 is 1.68 bits per heavy atom. The van der Waals surface area contributed by atoms with E-state index in [4.69, 9.17) is 9.47 Å². The van der Waals surface area contributed by atoms with E-state index in [9.17, 15) is 13.6 Å². The van der Waals surface area contributed by atoms with Crippen LogP contribution in [0.1, 0.15) is 36.0 Å². The quantitative estimate of drug-likeness (QED) is 0.617. The minimum atomic E-state index is -1.08. The number of nitrogens with one attached hydrogen (secondary N) is 1. The largest absolute Gasteiger partial charge is 0.381 e. The van der Waals surface area contributed by atoms with Crippen molar-refractivity contribution in [3.05, 3.63) is 41.5 Å². The molecule has 3 saturated heterocycles. The second-order valence-electron chi connectivity index (χ2n) is 11.1. The summed E-state index contributed by atoms with van der Waals surface area (Å²) in [4.78, 5) is 17.0. The third-order valence-electron chi connectivity index (χ3n) is 8.55. The van der Waals surface area contributed by atoms with Crippen LogP contribution < -0.4 is 5.32 Å². The van der Waals surface area contributed by atoms with E-state index in [1.54, 1.807) is 17.0 Å². The Balaban J connectivity index is 1.07. The standard InChI is InChI=1S/C28H35F2N5O3/c29-24-14-19(28(36)35-5-9-38-10-6-35)13-23(27(24)30)25-1-2-26(33-32-25)31-22-11-20-16-34(17-21(20)12-22)15-18-3-7-37-8-4-18/h1-2,13-14,18,20-22H,3-12,15-17H2,(H,31,33)/t20-,21+,22?. The Hall–Kier alpha value is -2.69. The van der Waals surface area contributed by atoms with E-state index < -0.39 is 11.6 Å². The number of morpholine rings is 1. The number of likely N-dealkylation sites (tertiary alicyclic amines) is 1. The molecule has 8 nitrogen and oxygen atoms in total. The zero-order chi connectivity index (χ0) is 26.1. The second kappa shape index (κ2) is 11.2. The molecule has 3 atom stereocenters. The van der Waals surface area contributed by atoms with Crippen LogP contribution in [0.5, 0.6) is 0 Å². The van der Waals surface area contributed by atoms with Gasteiger partial charge in [0.05, 0.1) is 18.9 Å². The molecule has 1 aromatic carbocycles. The smallest absolute Gasteiger partial charge is 0.254 e. The molecule has 4 aliphatic rings. The number of hydrogen-bond acceptors (Lipinski definition) is 7. The Bertz CT molecular complexity index is 1120. The van der Waals surface area contributed by atoms with E-state index in [0.717, 1.165) is 51.1 Å². The van der Waals surface area contributed by atoms with Crippen molar-refractivity contribution in [3.63, 3.8) is 0 Å². The lowest BCUT2D eigenvalue weighted by atomic mass is 10.00. The topological polar surface area (TPSA) is 79.8 Å². The van der Waals surface area contributed by atoms with Crippen molar-refractivity contribution >= 4 is 11.7 Å². The molecule has 1 unspecified atom stereocenters. The maximum Gasteiger partial charge on any atom is 0.254 e. The molecule has 6 rings (SSSR count). The number of rotatable bonds is 6. The molecule has 38 heavy (non-hydrogen) atoms. The van der Waals surface area contributed by atoms with Gasteiger partial charge in [-0.25, -0.2) is 8.78 Å². The fraction of sp³-hybridized carbons (Fsp3) is 0.607. The number of anilines is 1. The number of benzene rings is 1. The highest BCUT2D eigenvalue weighted by Crippen LogP contribution is 2.39. The minimum Gasteiger partial charge on any atom is -0.381 e. The summed E-state index contributed by atoms with van der Waals surface area (Å²) in [6.45, 7) is 7.02. The summed E-state index contributed by atoms with van der Waals surface area (Å²) < 4.78 is 39.9. The van der Waals surface area contributed by atoms with Gasteiger partial charge in [0.15, 0.2) is 11.6 Å². The summed E-state index contributed by atoms with van der Waals surface area (Å²) in [5, 5.41) is 11.9. The van der Waals surface area contributed by atoms with Crippen molar-refractivity contribution in [2.45, 2.75) is 31.7 Å². The Morgan fingerprint density at radius 1 is 0.974 bits per heavy atom. The molecule has 4 heterocycles. The van der Waals surface area contributed by atoms with Crippen LogP contribution in [0.15, 0.2) is 24.3 Å². The number of hydrogen-bond donors (Lipinski definition) is 1. The Labute approximate surface area is 221 Å². The molecule has 1 aromatic heterocycles. The molecule has 4 fully saturated rings. The van der Waals surface area contributed by atoms with Crippen molar-refractivity contribution in [1.82, 2.24) is 20.0 Å². The van der Waals surface area contributed by atoms with E-state index in [1.165, 1.54) is 25.5 Å². The van der Waals surface area contributed by atoms with Crippen LogP contribution in [0.4, 0.5) is 14.6 Å². The number of carbonyl (C=O) groups excluding carboxylic acids is 1. The van der Waals surface area contributed by atoms with Gasteiger partial charge in [0, 0.05) is 63.1 Å². The number of nitrogens with zero attached hydrogens (tertiary/aromatic N) is 4. The molecule has 10 heteroatoms. The summed E-state index contributed by atoms with van der Waals surface area (Å²) in [6.07, 6.45) is 4.55. The first kappa shape index (κ1) is 25.6. The summed E-state index contributed by atoms with van der Waals surface area (Å²) in [6, 6.07) is 6.02. The molecule has 204 valence electrons. The average molecular weight is 528 g/mol. The monoisotopic (exact) mass is 527 g/mol. The van der Waals surface area contributed by atoms with Crippen molar-refractivity contribution in [1.29, 1.82) is 0 Å². The summed E-state index contributed by atoms with van der Waals surface area (Å²) in [5.41, 5.74) is 0.212. The van der Waals surface area contributed by atoms with Gasteiger partial charge in [-0.3, -0.25) is 4.79 Å². The van der Waals surface area contributed by atoms with E-state index in [1.807, 2.05) is 0 Å². The molecular formula is C28H35F2N5O3. The lowest BCUT2D eigenvalue weighted by Crippen LogP contribution is -2.40. The molecule has 1 N–H and O–H groups in total. The van der Waals surface area contributed by atoms with Gasteiger partial charge in [0.25, 0.3) is 5.91 Å². The van der Waals surface area contributed by atoms with Crippen molar-refractivity contribution in [2.75, 3.05) is 64.5 Å². The summed E-state index contributed by atoms with van der Waals surface area (Å²) in [7, 11) is 0. The highest BCUT2D eigenvalue weighted by molar-refractivity contribution is 5.95. The van der Waals surface area contributed by atoms with Gasteiger partial charge >= 0.3 is 0 Å². The number of aromatic nitrogens is 2.